The van der Waals surface area contributed by atoms with E-state index in [1.54, 1.807) is 7.11 Å². The van der Waals surface area contributed by atoms with Crippen molar-refractivity contribution < 1.29 is 9.30 Å². The lowest BCUT2D eigenvalue weighted by molar-refractivity contribution is -0.659. The van der Waals surface area contributed by atoms with Gasteiger partial charge in [-0.1, -0.05) is 45.9 Å². The van der Waals surface area contributed by atoms with Crippen LogP contribution in [-0.4, -0.2) is 11.7 Å². The van der Waals surface area contributed by atoms with Gasteiger partial charge in [0.25, 0.3) is 5.82 Å². The summed E-state index contributed by atoms with van der Waals surface area (Å²) >= 11 is 0. The van der Waals surface area contributed by atoms with Crippen LogP contribution in [0.25, 0.3) is 11.4 Å². The highest BCUT2D eigenvalue weighted by Crippen LogP contribution is 2.28. The number of aryl methyl sites for hydroxylation is 1. The molecule has 2 rings (SSSR count). The second-order valence-corrected chi connectivity index (χ2v) is 4.91. The number of hydrogen-bond donors (Lipinski definition) is 0. The van der Waals surface area contributed by atoms with E-state index in [0.717, 1.165) is 11.7 Å². The van der Waals surface area contributed by atoms with Crippen molar-refractivity contribution in [2.45, 2.75) is 33.6 Å². The van der Waals surface area contributed by atoms with E-state index in [2.05, 4.69) is 54.3 Å². The van der Waals surface area contributed by atoms with Crippen molar-refractivity contribution in [3.05, 3.63) is 36.0 Å². The Kier molecular flexibility index (Phi) is 5.81. The van der Waals surface area contributed by atoms with Crippen molar-refractivity contribution in [2.75, 3.05) is 7.11 Å². The van der Waals surface area contributed by atoms with Crippen LogP contribution in [-0.2, 0) is 14.1 Å². The van der Waals surface area contributed by atoms with Gasteiger partial charge in [-0.25, -0.2) is 4.57 Å². The second-order valence-electron chi connectivity index (χ2n) is 4.91. The molecule has 0 fully saturated rings. The third-order valence-corrected chi connectivity index (χ3v) is 3.32. The zero-order chi connectivity index (χ0) is 15.3. The van der Waals surface area contributed by atoms with E-state index in [4.69, 9.17) is 4.74 Å². The van der Waals surface area contributed by atoms with Gasteiger partial charge in [0, 0.05) is 0 Å². The molecule has 3 heteroatoms. The average Bonchev–Trinajstić information content (AvgIpc) is 2.75. The summed E-state index contributed by atoms with van der Waals surface area (Å²) < 4.78 is 9.57. The highest BCUT2D eigenvalue weighted by atomic mass is 16.5. The molecule has 0 aliphatic carbocycles. The van der Waals surface area contributed by atoms with Crippen molar-refractivity contribution in [3.63, 3.8) is 0 Å². The first-order valence-corrected chi connectivity index (χ1v) is 7.25. The van der Waals surface area contributed by atoms with Gasteiger partial charge in [0.2, 0.25) is 0 Å². The lowest BCUT2D eigenvalue weighted by atomic mass is 9.97. The lowest BCUT2D eigenvalue weighted by Crippen LogP contribution is -2.29. The van der Waals surface area contributed by atoms with Crippen molar-refractivity contribution in [1.82, 2.24) is 4.57 Å². The van der Waals surface area contributed by atoms with Crippen LogP contribution in [0.4, 0.5) is 0 Å². The molecule has 0 aliphatic rings. The molecule has 0 spiro atoms. The number of aromatic nitrogens is 2. The molecule has 3 nitrogen and oxygen atoms in total. The molecule has 2 aromatic rings. The van der Waals surface area contributed by atoms with E-state index in [1.165, 1.54) is 11.1 Å². The van der Waals surface area contributed by atoms with Gasteiger partial charge < -0.3 is 4.74 Å². The molecule has 0 amide bonds. The Morgan fingerprint density at radius 3 is 2.25 bits per heavy atom. The van der Waals surface area contributed by atoms with Gasteiger partial charge in [0.05, 0.1) is 26.8 Å². The van der Waals surface area contributed by atoms with Crippen LogP contribution in [0.5, 0.6) is 5.88 Å². The van der Waals surface area contributed by atoms with Crippen LogP contribution in [0.3, 0.4) is 0 Å². The third kappa shape index (κ3) is 3.03. The molecule has 0 bridgehead atoms. The van der Waals surface area contributed by atoms with Crippen molar-refractivity contribution in [1.29, 1.82) is 0 Å². The molecule has 0 aliphatic heterocycles. The van der Waals surface area contributed by atoms with Gasteiger partial charge in [-0.05, 0) is 17.5 Å². The van der Waals surface area contributed by atoms with E-state index >= 15 is 0 Å². The first-order chi connectivity index (χ1) is 9.56. The molecule has 20 heavy (non-hydrogen) atoms. The zero-order valence-corrected chi connectivity index (χ0v) is 13.8. The molecule has 1 aromatic heterocycles. The summed E-state index contributed by atoms with van der Waals surface area (Å²) in [5, 5.41) is 0. The van der Waals surface area contributed by atoms with Gasteiger partial charge >= 0.3 is 5.88 Å². The topological polar surface area (TPSA) is 18.0 Å². The Labute approximate surface area is 122 Å². The van der Waals surface area contributed by atoms with Gasteiger partial charge in [-0.2, -0.15) is 4.57 Å². The molecule has 110 valence electrons. The molecule has 0 saturated heterocycles. The first-order valence-electron chi connectivity index (χ1n) is 7.25. The lowest BCUT2D eigenvalue weighted by Gasteiger charge is -2.10. The molecule has 0 saturated carbocycles. The molecule has 1 heterocycles. The van der Waals surface area contributed by atoms with Crippen LogP contribution in [0, 0.1) is 0 Å². The van der Waals surface area contributed by atoms with Crippen molar-refractivity contribution in [2.24, 2.45) is 14.1 Å². The number of rotatable bonds is 3. The largest absolute Gasteiger partial charge is 0.463 e. The second kappa shape index (κ2) is 7.13. The number of imidazole rings is 1. The SMILES string of the molecule is CC.COc1c[n+](C)c(-c2ccccc2C(C)C)n1C. The van der Waals surface area contributed by atoms with Crippen molar-refractivity contribution in [3.8, 4) is 17.3 Å². The van der Waals surface area contributed by atoms with E-state index in [1.807, 2.05) is 27.1 Å². The fourth-order valence-corrected chi connectivity index (χ4v) is 2.42. The Balaban J connectivity index is 0.000000956. The summed E-state index contributed by atoms with van der Waals surface area (Å²) in [6, 6.07) is 8.54. The van der Waals surface area contributed by atoms with Crippen LogP contribution < -0.4 is 9.30 Å². The number of nitrogens with zero attached hydrogens (tertiary/aromatic N) is 2. The maximum atomic E-state index is 5.37. The van der Waals surface area contributed by atoms with Gasteiger partial charge in [0.15, 0.2) is 6.20 Å². The quantitative estimate of drug-likeness (QED) is 0.782. The predicted octanol–water partition coefficient (Wildman–Crippen LogP) is 3.67. The summed E-state index contributed by atoms with van der Waals surface area (Å²) in [5.74, 6) is 2.53. The fraction of sp³-hybridized carbons (Fsp3) is 0.471. The Morgan fingerprint density at radius 1 is 1.15 bits per heavy atom. The number of hydrogen-bond acceptors (Lipinski definition) is 1. The smallest absolute Gasteiger partial charge is 0.324 e. The molecule has 0 atom stereocenters. The Bertz CT molecular complexity index is 556. The number of benzene rings is 1. The van der Waals surface area contributed by atoms with E-state index < -0.39 is 0 Å². The first kappa shape index (κ1) is 16.3. The fourth-order valence-electron chi connectivity index (χ4n) is 2.42. The van der Waals surface area contributed by atoms with Crippen LogP contribution in [0.15, 0.2) is 30.5 Å². The monoisotopic (exact) mass is 275 g/mol. The maximum absolute atomic E-state index is 5.37. The standard InChI is InChI=1S/C15H21N2O.C2H6/c1-11(2)12-8-6-7-9-13(12)15-16(3)10-14(18-5)17(15)4;1-2/h6-11H,1-5H3;1-2H3/q+1;. The van der Waals surface area contributed by atoms with Crippen LogP contribution in [0.1, 0.15) is 39.2 Å². The molecule has 1 aromatic carbocycles. The van der Waals surface area contributed by atoms with Gasteiger partial charge in [-0.15, -0.1) is 0 Å². The minimum atomic E-state index is 0.502. The van der Waals surface area contributed by atoms with Crippen LogP contribution in [0.2, 0.25) is 0 Å². The van der Waals surface area contributed by atoms with Gasteiger partial charge in [0.1, 0.15) is 0 Å². The highest BCUT2D eigenvalue weighted by Gasteiger charge is 2.23. The summed E-state index contributed by atoms with van der Waals surface area (Å²) in [6.45, 7) is 8.44. The number of methoxy groups -OCH3 is 1. The number of ether oxygens (including phenoxy) is 1. The van der Waals surface area contributed by atoms with Crippen molar-refractivity contribution >= 4 is 0 Å². The molecule has 0 N–H and O–H groups in total. The molecular formula is C17H27N2O+. The predicted molar refractivity (Wildman–Crippen MR) is 84.0 cm³/mol. The normalized spacial score (nSPS) is 10.2. The highest BCUT2D eigenvalue weighted by molar-refractivity contribution is 5.60. The summed E-state index contributed by atoms with van der Waals surface area (Å²) in [6.07, 6.45) is 2.01. The zero-order valence-electron chi connectivity index (χ0n) is 13.8. The minimum absolute atomic E-state index is 0.502. The van der Waals surface area contributed by atoms with E-state index in [-0.39, 0.29) is 0 Å². The summed E-state index contributed by atoms with van der Waals surface area (Å²) in [5.41, 5.74) is 2.62. The molecule has 0 unspecified atom stereocenters. The molecule has 0 radical (unpaired) electrons. The maximum Gasteiger partial charge on any atom is 0.324 e. The van der Waals surface area contributed by atoms with Gasteiger partial charge in [-0.3, -0.25) is 0 Å². The minimum Gasteiger partial charge on any atom is -0.463 e. The van der Waals surface area contributed by atoms with E-state index in [9.17, 15) is 0 Å². The summed E-state index contributed by atoms with van der Waals surface area (Å²) in [7, 11) is 5.79. The average molecular weight is 275 g/mol. The Morgan fingerprint density at radius 2 is 1.75 bits per heavy atom. The Hall–Kier alpha value is -1.77. The third-order valence-electron chi connectivity index (χ3n) is 3.32. The molecular weight excluding hydrogens is 248 g/mol. The van der Waals surface area contributed by atoms with Crippen LogP contribution >= 0.6 is 0 Å². The van der Waals surface area contributed by atoms with E-state index in [0.29, 0.717) is 5.92 Å². The summed E-state index contributed by atoms with van der Waals surface area (Å²) in [4.78, 5) is 0.